The van der Waals surface area contributed by atoms with Crippen LogP contribution in [0.4, 0.5) is 5.69 Å². The van der Waals surface area contributed by atoms with Crippen LogP contribution in [0.3, 0.4) is 0 Å². The molecule has 0 bridgehead atoms. The molecule has 0 aliphatic heterocycles. The second kappa shape index (κ2) is 5.74. The Morgan fingerprint density at radius 1 is 1.33 bits per heavy atom. The number of hydrogen-bond donors (Lipinski definition) is 1. The Morgan fingerprint density at radius 3 is 2.95 bits per heavy atom. The lowest BCUT2D eigenvalue weighted by molar-refractivity contribution is 0.658. The minimum Gasteiger partial charge on any atom is -0.377 e. The molecule has 2 heterocycles. The normalized spacial score (nSPS) is 12.5. The molecule has 0 saturated heterocycles. The number of anilines is 1. The summed E-state index contributed by atoms with van der Waals surface area (Å²) in [5, 5.41) is 9.48. The first kappa shape index (κ1) is 13.9. The number of rotatable bonds is 4. The largest absolute Gasteiger partial charge is 0.377 e. The van der Waals surface area contributed by atoms with Gasteiger partial charge in [-0.2, -0.15) is 5.10 Å². The molecule has 4 nitrogen and oxygen atoms in total. The van der Waals surface area contributed by atoms with Gasteiger partial charge in [0.1, 0.15) is 0 Å². The number of aromatic nitrogens is 3. The lowest BCUT2D eigenvalue weighted by atomic mass is 10.1. The number of nitrogens with one attached hydrogen (secondary N) is 1. The summed E-state index contributed by atoms with van der Waals surface area (Å²) in [6.45, 7) is 5.06. The van der Waals surface area contributed by atoms with E-state index in [9.17, 15) is 0 Å². The minimum absolute atomic E-state index is 0.150. The lowest BCUT2D eigenvalue weighted by Gasteiger charge is -2.15. The molecule has 108 valence electrons. The van der Waals surface area contributed by atoms with E-state index in [1.807, 2.05) is 35.1 Å². The van der Waals surface area contributed by atoms with E-state index in [0.29, 0.717) is 0 Å². The van der Waals surface area contributed by atoms with Crippen molar-refractivity contribution in [3.8, 4) is 0 Å². The second-order valence-corrected chi connectivity index (χ2v) is 5.40. The molecule has 0 aliphatic carbocycles. The highest BCUT2D eigenvalue weighted by atomic mass is 35.5. The van der Waals surface area contributed by atoms with Crippen molar-refractivity contribution in [2.24, 2.45) is 0 Å². The maximum Gasteiger partial charge on any atom is 0.0948 e. The molecule has 3 rings (SSSR count). The van der Waals surface area contributed by atoms with Crippen molar-refractivity contribution in [1.29, 1.82) is 0 Å². The first-order valence-corrected chi connectivity index (χ1v) is 7.39. The Kier molecular flexibility index (Phi) is 3.80. The summed E-state index contributed by atoms with van der Waals surface area (Å²) < 4.78 is 1.92. The van der Waals surface area contributed by atoms with Gasteiger partial charge < -0.3 is 5.32 Å². The Bertz CT molecular complexity index is 766. The van der Waals surface area contributed by atoms with Crippen LogP contribution < -0.4 is 5.32 Å². The van der Waals surface area contributed by atoms with Gasteiger partial charge in [0.25, 0.3) is 0 Å². The van der Waals surface area contributed by atoms with E-state index >= 15 is 0 Å². The van der Waals surface area contributed by atoms with Crippen LogP contribution >= 0.6 is 11.6 Å². The molecule has 0 spiro atoms. The number of hydrogen-bond acceptors (Lipinski definition) is 3. The van der Waals surface area contributed by atoms with E-state index < -0.39 is 0 Å². The van der Waals surface area contributed by atoms with Gasteiger partial charge in [0.05, 0.1) is 28.5 Å². The average Bonchev–Trinajstić information content (AvgIpc) is 2.99. The molecule has 0 fully saturated rings. The van der Waals surface area contributed by atoms with E-state index in [1.54, 1.807) is 6.20 Å². The molecule has 2 aromatic heterocycles. The Balaban J connectivity index is 1.92. The van der Waals surface area contributed by atoms with Gasteiger partial charge in [0.2, 0.25) is 0 Å². The Hall–Kier alpha value is -2.07. The van der Waals surface area contributed by atoms with Crippen molar-refractivity contribution in [2.45, 2.75) is 26.4 Å². The molecule has 21 heavy (non-hydrogen) atoms. The van der Waals surface area contributed by atoms with Crippen LogP contribution in [-0.4, -0.2) is 14.8 Å². The van der Waals surface area contributed by atoms with Gasteiger partial charge in [-0.15, -0.1) is 0 Å². The van der Waals surface area contributed by atoms with Crippen LogP contribution in [0.1, 0.15) is 25.5 Å². The summed E-state index contributed by atoms with van der Waals surface area (Å²) in [7, 11) is 0. The topological polar surface area (TPSA) is 42.7 Å². The zero-order valence-electron chi connectivity index (χ0n) is 12.0. The van der Waals surface area contributed by atoms with Crippen molar-refractivity contribution in [1.82, 2.24) is 14.8 Å². The van der Waals surface area contributed by atoms with Crippen LogP contribution in [0, 0.1) is 0 Å². The predicted molar refractivity (Wildman–Crippen MR) is 86.7 cm³/mol. The number of benzene rings is 1. The van der Waals surface area contributed by atoms with Crippen molar-refractivity contribution >= 4 is 28.2 Å². The molecular weight excluding hydrogens is 284 g/mol. The van der Waals surface area contributed by atoms with Gasteiger partial charge in [-0.05, 0) is 38.1 Å². The molecule has 1 aromatic carbocycles. The smallest absolute Gasteiger partial charge is 0.0948 e. The van der Waals surface area contributed by atoms with Gasteiger partial charge in [0, 0.05) is 29.9 Å². The van der Waals surface area contributed by atoms with Crippen molar-refractivity contribution < 1.29 is 0 Å². The van der Waals surface area contributed by atoms with Gasteiger partial charge >= 0.3 is 0 Å². The fourth-order valence-corrected chi connectivity index (χ4v) is 2.56. The van der Waals surface area contributed by atoms with E-state index in [4.69, 9.17) is 11.6 Å². The molecular formula is C16H17ClN4. The zero-order valence-corrected chi connectivity index (χ0v) is 12.8. The van der Waals surface area contributed by atoms with Crippen molar-refractivity contribution in [3.63, 3.8) is 0 Å². The molecule has 0 amide bonds. The minimum atomic E-state index is 0.150. The molecule has 1 N–H and O–H groups in total. The highest BCUT2D eigenvalue weighted by Crippen LogP contribution is 2.30. The van der Waals surface area contributed by atoms with Crippen LogP contribution in [0.2, 0.25) is 5.02 Å². The van der Waals surface area contributed by atoms with Crippen LogP contribution in [0.5, 0.6) is 0 Å². The van der Waals surface area contributed by atoms with E-state index in [2.05, 4.69) is 35.4 Å². The fraction of sp³-hybridized carbons (Fsp3) is 0.250. The van der Waals surface area contributed by atoms with E-state index in [1.165, 1.54) is 0 Å². The first-order valence-electron chi connectivity index (χ1n) is 7.01. The van der Waals surface area contributed by atoms with E-state index in [0.717, 1.165) is 33.7 Å². The summed E-state index contributed by atoms with van der Waals surface area (Å²) in [4.78, 5) is 4.44. The monoisotopic (exact) mass is 300 g/mol. The third-order valence-corrected chi connectivity index (χ3v) is 3.90. The third-order valence-electron chi connectivity index (χ3n) is 3.57. The molecule has 5 heteroatoms. The van der Waals surface area contributed by atoms with Crippen molar-refractivity contribution in [2.75, 3.05) is 5.32 Å². The summed E-state index contributed by atoms with van der Waals surface area (Å²) in [6.07, 6.45) is 5.74. The number of halogens is 1. The van der Waals surface area contributed by atoms with Crippen molar-refractivity contribution in [3.05, 3.63) is 53.4 Å². The number of fused-ring (bicyclic) bond motifs is 1. The summed E-state index contributed by atoms with van der Waals surface area (Å²) in [6, 6.07) is 7.90. The third kappa shape index (κ3) is 2.72. The average molecular weight is 301 g/mol. The molecule has 0 saturated carbocycles. The van der Waals surface area contributed by atoms with Crippen LogP contribution in [0.25, 0.3) is 10.9 Å². The quantitative estimate of drug-likeness (QED) is 0.782. The highest BCUT2D eigenvalue weighted by Gasteiger charge is 2.11. The Labute approximate surface area is 128 Å². The molecule has 0 aliphatic rings. The second-order valence-electron chi connectivity index (χ2n) is 4.99. The highest BCUT2D eigenvalue weighted by molar-refractivity contribution is 6.35. The maximum absolute atomic E-state index is 6.22. The number of pyridine rings is 1. The zero-order chi connectivity index (χ0) is 14.8. The van der Waals surface area contributed by atoms with Gasteiger partial charge in [-0.3, -0.25) is 9.67 Å². The van der Waals surface area contributed by atoms with Crippen LogP contribution in [0.15, 0.2) is 42.9 Å². The molecule has 1 unspecified atom stereocenters. The first-order chi connectivity index (χ1) is 10.2. The maximum atomic E-state index is 6.22. The van der Waals surface area contributed by atoms with E-state index in [-0.39, 0.29) is 6.04 Å². The lowest BCUT2D eigenvalue weighted by Crippen LogP contribution is -2.06. The number of aryl methyl sites for hydroxylation is 1. The van der Waals surface area contributed by atoms with Gasteiger partial charge in [0.15, 0.2) is 0 Å². The fourth-order valence-electron chi connectivity index (χ4n) is 2.35. The molecule has 0 radical (unpaired) electrons. The standard InChI is InChI=1S/C16H17ClN4/c1-3-21-10-12(9-19-21)11(2)20-15-7-6-14(17)13-5-4-8-18-16(13)15/h4-11,20H,3H2,1-2H3. The van der Waals surface area contributed by atoms with Gasteiger partial charge in [-0.1, -0.05) is 11.6 Å². The Morgan fingerprint density at radius 2 is 2.19 bits per heavy atom. The summed E-state index contributed by atoms with van der Waals surface area (Å²) in [5.74, 6) is 0. The SMILES string of the molecule is CCn1cc(C(C)Nc2ccc(Cl)c3cccnc23)cn1. The van der Waals surface area contributed by atoms with Gasteiger partial charge in [-0.25, -0.2) is 0 Å². The summed E-state index contributed by atoms with van der Waals surface area (Å²) in [5.41, 5.74) is 3.02. The predicted octanol–water partition coefficient (Wildman–Crippen LogP) is 4.28. The molecule has 3 aromatic rings. The molecule has 1 atom stereocenters. The van der Waals surface area contributed by atoms with Crippen LogP contribution in [-0.2, 0) is 6.54 Å². The number of nitrogens with zero attached hydrogens (tertiary/aromatic N) is 3. The summed E-state index contributed by atoms with van der Waals surface area (Å²) >= 11 is 6.22.